The van der Waals surface area contributed by atoms with Gasteiger partial charge in [0, 0.05) is 38.5 Å². The van der Waals surface area contributed by atoms with Gasteiger partial charge in [-0.3, -0.25) is 28.8 Å². The molecule has 0 rings (SSSR count). The van der Waals surface area contributed by atoms with Crippen LogP contribution in [0.4, 0.5) is 0 Å². The molecule has 0 spiro atoms. The van der Waals surface area contributed by atoms with Crippen LogP contribution in [0.3, 0.4) is 0 Å². The van der Waals surface area contributed by atoms with E-state index in [2.05, 4.69) is 9.47 Å². The second kappa shape index (κ2) is 12.6. The first-order chi connectivity index (χ1) is 11.7. The number of aliphatic carboxylic acids is 2. The number of rotatable bonds is 12. The lowest BCUT2D eigenvalue weighted by Gasteiger charge is -2.03. The van der Waals surface area contributed by atoms with Crippen molar-refractivity contribution < 1.29 is 48.5 Å². The summed E-state index contributed by atoms with van der Waals surface area (Å²) >= 11 is 0. The number of ether oxygens (including phenoxy) is 2. The molecule has 10 heteroatoms. The number of hydrogen-bond acceptors (Lipinski definition) is 8. The molecule has 0 aliphatic carbocycles. The molecule has 140 valence electrons. The normalized spacial score (nSPS) is 9.92. The van der Waals surface area contributed by atoms with Gasteiger partial charge >= 0.3 is 35.8 Å². The van der Waals surface area contributed by atoms with Gasteiger partial charge in [0.05, 0.1) is 0 Å². The van der Waals surface area contributed by atoms with Crippen LogP contribution in [-0.2, 0) is 38.2 Å². The van der Waals surface area contributed by atoms with Crippen molar-refractivity contribution in [3.8, 4) is 0 Å². The Morgan fingerprint density at radius 2 is 0.720 bits per heavy atom. The van der Waals surface area contributed by atoms with Gasteiger partial charge in [-0.25, -0.2) is 0 Å². The van der Waals surface area contributed by atoms with Gasteiger partial charge in [-0.05, 0) is 19.3 Å². The SMILES string of the molecule is O=C(O)CCCC(=O)OC(=O)CCCC(=O)OC(=O)CCCC(=O)O. The third kappa shape index (κ3) is 14.5. The smallest absolute Gasteiger partial charge is 0.313 e. The predicted octanol–water partition coefficient (Wildman–Crippen LogP) is 0.806. The topological polar surface area (TPSA) is 161 Å². The molecular formula is C15H20O10. The fourth-order valence-electron chi connectivity index (χ4n) is 1.60. The number of carbonyl (C=O) groups excluding carboxylic acids is 4. The molecule has 0 aromatic carbocycles. The van der Waals surface area contributed by atoms with E-state index in [-0.39, 0.29) is 57.8 Å². The van der Waals surface area contributed by atoms with Crippen LogP contribution in [0.5, 0.6) is 0 Å². The lowest BCUT2D eigenvalue weighted by molar-refractivity contribution is -0.160. The number of carboxylic acid groups (broad SMARTS) is 2. The van der Waals surface area contributed by atoms with Gasteiger partial charge in [-0.1, -0.05) is 0 Å². The summed E-state index contributed by atoms with van der Waals surface area (Å²) in [5.41, 5.74) is 0. The highest BCUT2D eigenvalue weighted by atomic mass is 16.6. The van der Waals surface area contributed by atoms with Gasteiger partial charge in [0.15, 0.2) is 0 Å². The van der Waals surface area contributed by atoms with E-state index in [0.717, 1.165) is 0 Å². The van der Waals surface area contributed by atoms with E-state index in [1.54, 1.807) is 0 Å². The van der Waals surface area contributed by atoms with E-state index in [4.69, 9.17) is 10.2 Å². The molecule has 0 aromatic heterocycles. The van der Waals surface area contributed by atoms with Crippen molar-refractivity contribution in [1.82, 2.24) is 0 Å². The van der Waals surface area contributed by atoms with Crippen LogP contribution >= 0.6 is 0 Å². The molecule has 10 nitrogen and oxygen atoms in total. The molecule has 0 fully saturated rings. The van der Waals surface area contributed by atoms with Crippen LogP contribution in [0.25, 0.3) is 0 Å². The summed E-state index contributed by atoms with van der Waals surface area (Å²) in [5.74, 6) is -5.53. The van der Waals surface area contributed by atoms with Gasteiger partial charge < -0.3 is 19.7 Å². The average molecular weight is 360 g/mol. The van der Waals surface area contributed by atoms with E-state index < -0.39 is 35.8 Å². The van der Waals surface area contributed by atoms with E-state index in [1.807, 2.05) is 0 Å². The molecular weight excluding hydrogens is 340 g/mol. The summed E-state index contributed by atoms with van der Waals surface area (Å²) in [6.07, 6.45) is -1.21. The molecule has 0 amide bonds. The third-order valence-electron chi connectivity index (χ3n) is 2.76. The predicted molar refractivity (Wildman–Crippen MR) is 79.0 cm³/mol. The van der Waals surface area contributed by atoms with Gasteiger partial charge in [0.2, 0.25) is 0 Å². The molecule has 0 heterocycles. The molecule has 2 N–H and O–H groups in total. The molecule has 0 saturated carbocycles. The van der Waals surface area contributed by atoms with Crippen molar-refractivity contribution in [3.05, 3.63) is 0 Å². The second-order valence-corrected chi connectivity index (χ2v) is 5.04. The molecule has 25 heavy (non-hydrogen) atoms. The van der Waals surface area contributed by atoms with Crippen molar-refractivity contribution >= 4 is 35.8 Å². The molecule has 0 aliphatic heterocycles. The Bertz CT molecular complexity index is 476. The molecule has 0 aromatic rings. The van der Waals surface area contributed by atoms with Gasteiger partial charge in [-0.15, -0.1) is 0 Å². The summed E-state index contributed by atoms with van der Waals surface area (Å²) < 4.78 is 8.85. The lowest BCUT2D eigenvalue weighted by Crippen LogP contribution is -2.15. The zero-order chi connectivity index (χ0) is 19.2. The first-order valence-corrected chi connectivity index (χ1v) is 7.61. The summed E-state index contributed by atoms with van der Waals surface area (Å²) in [6.45, 7) is 0. The Morgan fingerprint density at radius 1 is 0.480 bits per heavy atom. The second-order valence-electron chi connectivity index (χ2n) is 5.04. The Morgan fingerprint density at radius 3 is 0.960 bits per heavy atom. The highest BCUT2D eigenvalue weighted by Crippen LogP contribution is 2.05. The quantitative estimate of drug-likeness (QED) is 0.376. The third-order valence-corrected chi connectivity index (χ3v) is 2.76. The van der Waals surface area contributed by atoms with Crippen molar-refractivity contribution in [2.45, 2.75) is 57.8 Å². The zero-order valence-corrected chi connectivity index (χ0v) is 13.5. The van der Waals surface area contributed by atoms with Crippen molar-refractivity contribution in [2.75, 3.05) is 0 Å². The first-order valence-electron chi connectivity index (χ1n) is 7.61. The minimum absolute atomic E-state index is 0.00246. The van der Waals surface area contributed by atoms with E-state index in [0.29, 0.717) is 0 Å². The van der Waals surface area contributed by atoms with Gasteiger partial charge in [0.25, 0.3) is 0 Å². The standard InChI is InChI=1S/C15H20O10/c16-10(17)4-1-6-12(20)24-14(22)8-3-9-15(23)25-13(21)7-2-5-11(18)19/h1-9H2,(H,16,17)(H,18,19). The molecule has 0 bridgehead atoms. The maximum Gasteiger partial charge on any atom is 0.313 e. The molecule has 0 atom stereocenters. The van der Waals surface area contributed by atoms with Crippen LogP contribution in [0.1, 0.15) is 57.8 Å². The molecule has 0 radical (unpaired) electrons. The maximum absolute atomic E-state index is 11.3. The average Bonchev–Trinajstić information content (AvgIpc) is 2.45. The Balaban J connectivity index is 3.79. The van der Waals surface area contributed by atoms with Crippen molar-refractivity contribution in [2.24, 2.45) is 0 Å². The monoisotopic (exact) mass is 360 g/mol. The van der Waals surface area contributed by atoms with Gasteiger partial charge in [0.1, 0.15) is 0 Å². The van der Waals surface area contributed by atoms with Gasteiger partial charge in [-0.2, -0.15) is 0 Å². The van der Waals surface area contributed by atoms with Crippen molar-refractivity contribution in [1.29, 1.82) is 0 Å². The maximum atomic E-state index is 11.3. The Kier molecular flexibility index (Phi) is 11.2. The lowest BCUT2D eigenvalue weighted by atomic mass is 10.2. The van der Waals surface area contributed by atoms with Crippen LogP contribution in [0.2, 0.25) is 0 Å². The summed E-state index contributed by atoms with van der Waals surface area (Å²) in [7, 11) is 0. The zero-order valence-electron chi connectivity index (χ0n) is 13.5. The summed E-state index contributed by atoms with van der Waals surface area (Å²) in [5, 5.41) is 16.8. The number of esters is 4. The number of carboxylic acids is 2. The Hall–Kier alpha value is -2.78. The minimum atomic E-state index is -1.06. The Labute approximate surface area is 143 Å². The largest absolute Gasteiger partial charge is 0.481 e. The number of hydrogen-bond donors (Lipinski definition) is 2. The number of carbonyl (C=O) groups is 6. The van der Waals surface area contributed by atoms with Crippen LogP contribution < -0.4 is 0 Å². The molecule has 0 unspecified atom stereocenters. The van der Waals surface area contributed by atoms with Crippen molar-refractivity contribution in [3.63, 3.8) is 0 Å². The summed E-state index contributed by atoms with van der Waals surface area (Å²) in [6, 6.07) is 0. The molecule has 0 saturated heterocycles. The fourth-order valence-corrected chi connectivity index (χ4v) is 1.60. The molecule has 0 aliphatic rings. The van der Waals surface area contributed by atoms with Crippen LogP contribution in [0.15, 0.2) is 0 Å². The highest BCUT2D eigenvalue weighted by molar-refractivity contribution is 5.87. The minimum Gasteiger partial charge on any atom is -0.481 e. The van der Waals surface area contributed by atoms with E-state index in [9.17, 15) is 28.8 Å². The van der Waals surface area contributed by atoms with E-state index in [1.165, 1.54) is 0 Å². The fraction of sp³-hybridized carbons (Fsp3) is 0.600. The van der Waals surface area contributed by atoms with E-state index >= 15 is 0 Å². The first kappa shape index (κ1) is 22.2. The summed E-state index contributed by atoms with van der Waals surface area (Å²) in [4.78, 5) is 65.6. The van der Waals surface area contributed by atoms with Crippen LogP contribution in [-0.4, -0.2) is 46.0 Å². The highest BCUT2D eigenvalue weighted by Gasteiger charge is 2.14. The van der Waals surface area contributed by atoms with Crippen LogP contribution in [0, 0.1) is 0 Å².